The molecular formula is C14H27NO3. The predicted octanol–water partition coefficient (Wildman–Crippen LogP) is 2.79. The molecule has 1 fully saturated rings. The molecule has 0 spiro atoms. The summed E-state index contributed by atoms with van der Waals surface area (Å²) in [5.74, 6) is 0.552. The number of hydrogen-bond donors (Lipinski definition) is 1. The first-order chi connectivity index (χ1) is 8.40. The molecule has 0 saturated carbocycles. The first-order valence-corrected chi connectivity index (χ1v) is 7.06. The van der Waals surface area contributed by atoms with E-state index in [0.717, 1.165) is 25.8 Å². The number of nitrogens with zero attached hydrogens (tertiary/aromatic N) is 1. The highest BCUT2D eigenvalue weighted by Crippen LogP contribution is 2.28. The summed E-state index contributed by atoms with van der Waals surface area (Å²) in [5.41, 5.74) is -0.430. The number of carbonyl (C=O) groups excluding carboxylic acids is 1. The van der Waals surface area contributed by atoms with Gasteiger partial charge in [-0.05, 0) is 32.6 Å². The van der Waals surface area contributed by atoms with Gasteiger partial charge >= 0.3 is 6.09 Å². The molecule has 1 aliphatic rings. The summed E-state index contributed by atoms with van der Waals surface area (Å²) in [7, 11) is 0. The van der Waals surface area contributed by atoms with Crippen LogP contribution in [-0.2, 0) is 4.74 Å². The molecule has 0 aromatic carbocycles. The van der Waals surface area contributed by atoms with Gasteiger partial charge in [0.05, 0.1) is 12.6 Å². The van der Waals surface area contributed by atoms with Gasteiger partial charge in [-0.1, -0.05) is 26.7 Å². The van der Waals surface area contributed by atoms with E-state index in [1.807, 2.05) is 11.8 Å². The zero-order chi connectivity index (χ0) is 13.8. The SMILES string of the molecule is CCC(CC)CN1CC(C)(CCC(C)O)OC1=O. The van der Waals surface area contributed by atoms with Crippen molar-refractivity contribution in [3.63, 3.8) is 0 Å². The maximum absolute atomic E-state index is 11.8. The minimum absolute atomic E-state index is 0.199. The first-order valence-electron chi connectivity index (χ1n) is 7.06. The van der Waals surface area contributed by atoms with Crippen LogP contribution in [0.4, 0.5) is 4.79 Å². The lowest BCUT2D eigenvalue weighted by atomic mass is 9.97. The van der Waals surface area contributed by atoms with Crippen molar-refractivity contribution in [2.45, 2.75) is 65.1 Å². The fourth-order valence-corrected chi connectivity index (χ4v) is 2.42. The van der Waals surface area contributed by atoms with Gasteiger partial charge in [0.1, 0.15) is 5.60 Å². The van der Waals surface area contributed by atoms with Gasteiger partial charge in [0.15, 0.2) is 0 Å². The van der Waals surface area contributed by atoms with Crippen molar-refractivity contribution in [2.75, 3.05) is 13.1 Å². The second-order valence-corrected chi connectivity index (χ2v) is 5.77. The molecule has 0 aromatic heterocycles. The lowest BCUT2D eigenvalue weighted by Gasteiger charge is -2.23. The Kier molecular flexibility index (Phi) is 5.45. The Morgan fingerprint density at radius 3 is 2.56 bits per heavy atom. The third kappa shape index (κ3) is 4.16. The van der Waals surface area contributed by atoms with Gasteiger partial charge in [-0.25, -0.2) is 4.79 Å². The average Bonchev–Trinajstić information content (AvgIpc) is 2.59. The summed E-state index contributed by atoms with van der Waals surface area (Å²) in [6.07, 6.45) is 3.02. The maximum atomic E-state index is 11.8. The van der Waals surface area contributed by atoms with E-state index in [4.69, 9.17) is 4.74 Å². The third-order valence-corrected chi connectivity index (χ3v) is 3.84. The van der Waals surface area contributed by atoms with Crippen molar-refractivity contribution in [1.29, 1.82) is 0 Å². The van der Waals surface area contributed by atoms with Crippen LogP contribution in [0.5, 0.6) is 0 Å². The summed E-state index contributed by atoms with van der Waals surface area (Å²) in [6.45, 7) is 9.47. The summed E-state index contributed by atoms with van der Waals surface area (Å²) in [6, 6.07) is 0. The first kappa shape index (κ1) is 15.3. The fraction of sp³-hybridized carbons (Fsp3) is 0.929. The number of aliphatic hydroxyl groups excluding tert-OH is 1. The number of rotatable bonds is 7. The Bertz CT molecular complexity index is 276. The Labute approximate surface area is 110 Å². The summed E-state index contributed by atoms with van der Waals surface area (Å²) in [4.78, 5) is 13.7. The minimum atomic E-state index is -0.430. The summed E-state index contributed by atoms with van der Waals surface area (Å²) in [5, 5.41) is 9.33. The number of hydrogen-bond acceptors (Lipinski definition) is 3. The van der Waals surface area contributed by atoms with E-state index in [2.05, 4.69) is 13.8 Å². The lowest BCUT2D eigenvalue weighted by molar-refractivity contribution is 0.0504. The molecule has 4 heteroatoms. The molecule has 0 aliphatic carbocycles. The second kappa shape index (κ2) is 6.41. The molecular weight excluding hydrogens is 230 g/mol. The van der Waals surface area contributed by atoms with Gasteiger partial charge < -0.3 is 14.7 Å². The number of aliphatic hydroxyl groups is 1. The molecule has 1 saturated heterocycles. The van der Waals surface area contributed by atoms with Crippen LogP contribution in [-0.4, -0.2) is 40.9 Å². The van der Waals surface area contributed by atoms with Gasteiger partial charge in [-0.3, -0.25) is 0 Å². The van der Waals surface area contributed by atoms with Crippen LogP contribution in [0.15, 0.2) is 0 Å². The van der Waals surface area contributed by atoms with E-state index >= 15 is 0 Å². The van der Waals surface area contributed by atoms with Gasteiger partial charge in [-0.15, -0.1) is 0 Å². The molecule has 2 unspecified atom stereocenters. The van der Waals surface area contributed by atoms with Crippen LogP contribution < -0.4 is 0 Å². The molecule has 106 valence electrons. The predicted molar refractivity (Wildman–Crippen MR) is 71.4 cm³/mol. The Morgan fingerprint density at radius 1 is 1.44 bits per heavy atom. The second-order valence-electron chi connectivity index (χ2n) is 5.77. The maximum Gasteiger partial charge on any atom is 0.410 e. The zero-order valence-electron chi connectivity index (χ0n) is 12.1. The topological polar surface area (TPSA) is 49.8 Å². The van der Waals surface area contributed by atoms with Gasteiger partial charge in [-0.2, -0.15) is 0 Å². The van der Waals surface area contributed by atoms with E-state index in [-0.39, 0.29) is 12.2 Å². The summed E-state index contributed by atoms with van der Waals surface area (Å²) >= 11 is 0. The molecule has 4 nitrogen and oxygen atoms in total. The molecule has 1 amide bonds. The Balaban J connectivity index is 2.52. The van der Waals surface area contributed by atoms with Crippen molar-refractivity contribution >= 4 is 6.09 Å². The van der Waals surface area contributed by atoms with E-state index in [0.29, 0.717) is 18.9 Å². The molecule has 1 rings (SSSR count). The van der Waals surface area contributed by atoms with Crippen molar-refractivity contribution in [3.05, 3.63) is 0 Å². The third-order valence-electron chi connectivity index (χ3n) is 3.84. The lowest BCUT2D eigenvalue weighted by Crippen LogP contribution is -2.34. The van der Waals surface area contributed by atoms with E-state index < -0.39 is 5.60 Å². The normalized spacial score (nSPS) is 25.7. The number of cyclic esters (lactones) is 1. The number of ether oxygens (including phenoxy) is 1. The van der Waals surface area contributed by atoms with Crippen molar-refractivity contribution in [2.24, 2.45) is 5.92 Å². The zero-order valence-corrected chi connectivity index (χ0v) is 12.1. The summed E-state index contributed by atoms with van der Waals surface area (Å²) < 4.78 is 5.48. The molecule has 0 aromatic rings. The molecule has 0 radical (unpaired) electrons. The van der Waals surface area contributed by atoms with Crippen molar-refractivity contribution in [3.8, 4) is 0 Å². The van der Waals surface area contributed by atoms with Crippen molar-refractivity contribution in [1.82, 2.24) is 4.90 Å². The molecule has 1 heterocycles. The Morgan fingerprint density at radius 2 is 2.06 bits per heavy atom. The van der Waals surface area contributed by atoms with Crippen LogP contribution in [0.2, 0.25) is 0 Å². The monoisotopic (exact) mass is 257 g/mol. The average molecular weight is 257 g/mol. The Hall–Kier alpha value is -0.770. The number of amides is 1. The molecule has 1 aliphatic heterocycles. The van der Waals surface area contributed by atoms with E-state index in [1.54, 1.807) is 6.92 Å². The minimum Gasteiger partial charge on any atom is -0.441 e. The highest BCUT2D eigenvalue weighted by molar-refractivity contribution is 5.70. The van der Waals surface area contributed by atoms with Crippen LogP contribution >= 0.6 is 0 Å². The highest BCUT2D eigenvalue weighted by atomic mass is 16.6. The van der Waals surface area contributed by atoms with E-state index in [9.17, 15) is 9.90 Å². The van der Waals surface area contributed by atoms with Crippen LogP contribution in [0.3, 0.4) is 0 Å². The molecule has 2 atom stereocenters. The smallest absolute Gasteiger partial charge is 0.410 e. The highest BCUT2D eigenvalue weighted by Gasteiger charge is 2.41. The van der Waals surface area contributed by atoms with Gasteiger partial charge in [0.2, 0.25) is 0 Å². The van der Waals surface area contributed by atoms with Gasteiger partial charge in [0, 0.05) is 6.54 Å². The van der Waals surface area contributed by atoms with Crippen LogP contribution in [0, 0.1) is 5.92 Å². The number of carbonyl (C=O) groups is 1. The van der Waals surface area contributed by atoms with E-state index in [1.165, 1.54) is 0 Å². The molecule has 0 bridgehead atoms. The quantitative estimate of drug-likeness (QED) is 0.763. The molecule has 1 N–H and O–H groups in total. The largest absolute Gasteiger partial charge is 0.441 e. The van der Waals surface area contributed by atoms with Crippen LogP contribution in [0.1, 0.15) is 53.4 Å². The van der Waals surface area contributed by atoms with Crippen molar-refractivity contribution < 1.29 is 14.6 Å². The fourth-order valence-electron chi connectivity index (χ4n) is 2.42. The molecule has 18 heavy (non-hydrogen) atoms. The standard InChI is InChI=1S/C14H27NO3/c1-5-12(6-2)9-15-10-14(4,18-13(15)17)8-7-11(3)16/h11-12,16H,5-10H2,1-4H3. The van der Waals surface area contributed by atoms with Gasteiger partial charge in [0.25, 0.3) is 0 Å². The van der Waals surface area contributed by atoms with Crippen LogP contribution in [0.25, 0.3) is 0 Å².